The van der Waals surface area contributed by atoms with Crippen molar-refractivity contribution in [3.8, 4) is 0 Å². The lowest BCUT2D eigenvalue weighted by Crippen LogP contribution is -2.25. The predicted molar refractivity (Wildman–Crippen MR) is 43.3 cm³/mol. The second kappa shape index (κ2) is 2.78. The van der Waals surface area contributed by atoms with Gasteiger partial charge in [-0.2, -0.15) is 0 Å². The summed E-state index contributed by atoms with van der Waals surface area (Å²) in [4.78, 5) is 11.4. The second-order valence-corrected chi connectivity index (χ2v) is 3.57. The molecule has 0 aromatic heterocycles. The summed E-state index contributed by atoms with van der Waals surface area (Å²) in [6, 6.07) is 0. The zero-order chi connectivity index (χ0) is 8.48. The Labute approximate surface area is 67.2 Å². The molecule has 0 radical (unpaired) electrons. The van der Waals surface area contributed by atoms with Crippen LogP contribution in [0.25, 0.3) is 0 Å². The van der Waals surface area contributed by atoms with Gasteiger partial charge in [0.2, 0.25) is 0 Å². The van der Waals surface area contributed by atoms with Crippen molar-refractivity contribution in [1.29, 1.82) is 0 Å². The summed E-state index contributed by atoms with van der Waals surface area (Å²) in [6.07, 6.45) is 2.13. The summed E-state index contributed by atoms with van der Waals surface area (Å²) in [7, 11) is 0. The van der Waals surface area contributed by atoms with Crippen LogP contribution in [-0.4, -0.2) is 18.5 Å². The van der Waals surface area contributed by atoms with Gasteiger partial charge in [0.25, 0.3) is 0 Å². The fourth-order valence-corrected chi connectivity index (χ4v) is 1.22. The van der Waals surface area contributed by atoms with Crippen LogP contribution in [0.3, 0.4) is 0 Å². The van der Waals surface area contributed by atoms with Gasteiger partial charge in [-0.05, 0) is 6.42 Å². The molecule has 0 spiro atoms. The van der Waals surface area contributed by atoms with Crippen molar-refractivity contribution in [2.24, 2.45) is 5.41 Å². The van der Waals surface area contributed by atoms with Crippen LogP contribution >= 0.6 is 0 Å². The van der Waals surface area contributed by atoms with E-state index in [1.54, 1.807) is 6.08 Å². The van der Waals surface area contributed by atoms with E-state index in [-0.39, 0.29) is 17.3 Å². The number of hydrogen-bond donors (Lipinski definition) is 0. The van der Waals surface area contributed by atoms with Crippen molar-refractivity contribution < 1.29 is 9.53 Å². The highest BCUT2D eigenvalue weighted by atomic mass is 16.5. The molecule has 1 aliphatic rings. The zero-order valence-electron chi connectivity index (χ0n) is 7.09. The number of ether oxygens (including phenoxy) is 1. The Hall–Kier alpha value is -0.630. The van der Waals surface area contributed by atoms with Crippen molar-refractivity contribution in [2.75, 3.05) is 6.61 Å². The second-order valence-electron chi connectivity index (χ2n) is 3.57. The quantitative estimate of drug-likeness (QED) is 0.564. The largest absolute Gasteiger partial charge is 0.369 e. The molecule has 0 saturated carbocycles. The average Bonchev–Trinajstić information content (AvgIpc) is 2.17. The molecule has 0 N–H and O–H groups in total. The molecule has 1 fully saturated rings. The van der Waals surface area contributed by atoms with Crippen LogP contribution in [0.2, 0.25) is 0 Å². The standard InChI is InChI=1S/C9H14O2/c1-4-5-7-8(10)9(2,3)6-11-7/h4,7H,1,5-6H2,2-3H3. The fourth-order valence-electron chi connectivity index (χ4n) is 1.22. The minimum Gasteiger partial charge on any atom is -0.369 e. The van der Waals surface area contributed by atoms with E-state index in [1.165, 1.54) is 0 Å². The first-order valence-corrected chi connectivity index (χ1v) is 3.85. The van der Waals surface area contributed by atoms with Crippen molar-refractivity contribution >= 4 is 5.78 Å². The molecular formula is C9H14O2. The third kappa shape index (κ3) is 1.51. The van der Waals surface area contributed by atoms with Gasteiger partial charge in [-0.3, -0.25) is 4.79 Å². The molecule has 62 valence electrons. The minimum atomic E-state index is -0.284. The SMILES string of the molecule is C=CCC1OCC(C)(C)C1=O. The van der Waals surface area contributed by atoms with Gasteiger partial charge in [0.15, 0.2) is 5.78 Å². The maximum Gasteiger partial charge on any atom is 0.169 e. The molecule has 0 aliphatic carbocycles. The van der Waals surface area contributed by atoms with Gasteiger partial charge in [0.1, 0.15) is 6.10 Å². The average molecular weight is 154 g/mol. The highest BCUT2D eigenvalue weighted by Gasteiger charge is 2.40. The molecule has 1 aliphatic heterocycles. The van der Waals surface area contributed by atoms with Gasteiger partial charge in [0.05, 0.1) is 6.61 Å². The molecule has 1 heterocycles. The molecule has 1 rings (SSSR count). The highest BCUT2D eigenvalue weighted by molar-refractivity contribution is 5.90. The van der Waals surface area contributed by atoms with E-state index in [2.05, 4.69) is 6.58 Å². The van der Waals surface area contributed by atoms with Gasteiger partial charge < -0.3 is 4.74 Å². The molecular weight excluding hydrogens is 140 g/mol. The molecule has 0 aromatic carbocycles. The third-order valence-corrected chi connectivity index (χ3v) is 1.99. The first-order valence-electron chi connectivity index (χ1n) is 3.85. The van der Waals surface area contributed by atoms with Crippen LogP contribution in [0.1, 0.15) is 20.3 Å². The number of ketones is 1. The van der Waals surface area contributed by atoms with E-state index in [4.69, 9.17) is 4.74 Å². The van der Waals surface area contributed by atoms with E-state index in [9.17, 15) is 4.79 Å². The van der Waals surface area contributed by atoms with Crippen molar-refractivity contribution in [3.63, 3.8) is 0 Å². The molecule has 2 nitrogen and oxygen atoms in total. The van der Waals surface area contributed by atoms with Crippen LogP contribution in [0.4, 0.5) is 0 Å². The normalized spacial score (nSPS) is 28.9. The van der Waals surface area contributed by atoms with E-state index in [0.717, 1.165) is 0 Å². The van der Waals surface area contributed by atoms with E-state index in [1.807, 2.05) is 13.8 Å². The Kier molecular flexibility index (Phi) is 2.14. The fraction of sp³-hybridized carbons (Fsp3) is 0.667. The minimum absolute atomic E-state index is 0.206. The first-order chi connectivity index (χ1) is 5.08. The number of hydrogen-bond acceptors (Lipinski definition) is 2. The molecule has 0 aromatic rings. The van der Waals surface area contributed by atoms with Gasteiger partial charge in [-0.1, -0.05) is 19.9 Å². The lowest BCUT2D eigenvalue weighted by atomic mass is 9.88. The third-order valence-electron chi connectivity index (χ3n) is 1.99. The Morgan fingerprint density at radius 2 is 2.45 bits per heavy atom. The summed E-state index contributed by atoms with van der Waals surface area (Å²) in [6.45, 7) is 7.95. The highest BCUT2D eigenvalue weighted by Crippen LogP contribution is 2.29. The van der Waals surface area contributed by atoms with Gasteiger partial charge in [0, 0.05) is 5.41 Å². The van der Waals surface area contributed by atoms with E-state index in [0.29, 0.717) is 13.0 Å². The Morgan fingerprint density at radius 3 is 2.82 bits per heavy atom. The summed E-state index contributed by atoms with van der Waals surface area (Å²) in [5.41, 5.74) is -0.284. The Bertz CT molecular complexity index is 182. The molecule has 1 unspecified atom stereocenters. The molecule has 11 heavy (non-hydrogen) atoms. The van der Waals surface area contributed by atoms with E-state index < -0.39 is 0 Å². The molecule has 1 saturated heterocycles. The van der Waals surface area contributed by atoms with Gasteiger partial charge in [-0.25, -0.2) is 0 Å². The number of rotatable bonds is 2. The molecule has 1 atom stereocenters. The zero-order valence-corrected chi connectivity index (χ0v) is 7.09. The molecule has 0 bridgehead atoms. The summed E-state index contributed by atoms with van der Waals surface area (Å²) in [5, 5.41) is 0. The summed E-state index contributed by atoms with van der Waals surface area (Å²) in [5.74, 6) is 0.206. The lowest BCUT2D eigenvalue weighted by Gasteiger charge is -2.11. The van der Waals surface area contributed by atoms with Gasteiger partial charge in [-0.15, -0.1) is 6.58 Å². The number of carbonyl (C=O) groups excluding carboxylic acids is 1. The Morgan fingerprint density at radius 1 is 1.82 bits per heavy atom. The van der Waals surface area contributed by atoms with E-state index >= 15 is 0 Å². The Balaban J connectivity index is 2.63. The van der Waals surface area contributed by atoms with Crippen LogP contribution in [0.5, 0.6) is 0 Å². The summed E-state index contributed by atoms with van der Waals surface area (Å²) >= 11 is 0. The van der Waals surface area contributed by atoms with Crippen LogP contribution in [0, 0.1) is 5.41 Å². The van der Waals surface area contributed by atoms with Crippen LogP contribution < -0.4 is 0 Å². The van der Waals surface area contributed by atoms with Gasteiger partial charge >= 0.3 is 0 Å². The summed E-state index contributed by atoms with van der Waals surface area (Å²) < 4.78 is 5.30. The predicted octanol–water partition coefficient (Wildman–Crippen LogP) is 1.56. The van der Waals surface area contributed by atoms with Crippen LogP contribution in [0.15, 0.2) is 12.7 Å². The van der Waals surface area contributed by atoms with Crippen molar-refractivity contribution in [3.05, 3.63) is 12.7 Å². The number of Topliss-reactive ketones (excluding diaryl/α,β-unsaturated/α-hetero) is 1. The molecule has 0 amide bonds. The molecule has 2 heteroatoms. The number of carbonyl (C=O) groups is 1. The van der Waals surface area contributed by atoms with Crippen LogP contribution in [-0.2, 0) is 9.53 Å². The maximum absolute atomic E-state index is 11.4. The monoisotopic (exact) mass is 154 g/mol. The smallest absolute Gasteiger partial charge is 0.169 e. The van der Waals surface area contributed by atoms with Crippen molar-refractivity contribution in [1.82, 2.24) is 0 Å². The lowest BCUT2D eigenvalue weighted by molar-refractivity contribution is -0.126. The first kappa shape index (κ1) is 8.47. The van der Waals surface area contributed by atoms with Crippen molar-refractivity contribution in [2.45, 2.75) is 26.4 Å². The topological polar surface area (TPSA) is 26.3 Å². The maximum atomic E-state index is 11.4.